The van der Waals surface area contributed by atoms with Gasteiger partial charge in [0.1, 0.15) is 5.82 Å². The second-order valence-corrected chi connectivity index (χ2v) is 5.49. The van der Waals surface area contributed by atoms with E-state index in [0.717, 1.165) is 16.7 Å². The molecule has 0 fully saturated rings. The van der Waals surface area contributed by atoms with Gasteiger partial charge in [-0.3, -0.25) is 4.57 Å². The summed E-state index contributed by atoms with van der Waals surface area (Å²) in [7, 11) is 0. The molecule has 0 saturated heterocycles. The first kappa shape index (κ1) is 13.1. The zero-order valence-electron chi connectivity index (χ0n) is 11.6. The highest BCUT2D eigenvalue weighted by atomic mass is 32.1. The number of nitrogens with one attached hydrogen (secondary N) is 1. The van der Waals surface area contributed by atoms with Crippen LogP contribution in [0.4, 0.5) is 4.39 Å². The van der Waals surface area contributed by atoms with E-state index in [1.54, 1.807) is 6.92 Å². The first-order chi connectivity index (χ1) is 9.49. The highest BCUT2D eigenvalue weighted by Crippen LogP contribution is 2.25. The van der Waals surface area contributed by atoms with Crippen LogP contribution in [-0.4, -0.2) is 9.55 Å². The number of aryl methyl sites for hydroxylation is 2. The molecule has 0 aliphatic rings. The Morgan fingerprint density at radius 2 is 1.85 bits per heavy atom. The van der Waals surface area contributed by atoms with Crippen molar-refractivity contribution in [2.75, 3.05) is 0 Å². The van der Waals surface area contributed by atoms with Crippen LogP contribution in [0.3, 0.4) is 0 Å². The maximum absolute atomic E-state index is 13.7. The molecule has 1 aromatic heterocycles. The highest BCUT2D eigenvalue weighted by Gasteiger charge is 2.11. The molecule has 2 nitrogen and oxygen atoms in total. The topological polar surface area (TPSA) is 20.7 Å². The zero-order chi connectivity index (χ0) is 14.4. The van der Waals surface area contributed by atoms with Gasteiger partial charge in [-0.1, -0.05) is 12.1 Å². The molecule has 3 rings (SSSR count). The monoisotopic (exact) mass is 286 g/mol. The molecule has 0 saturated carbocycles. The van der Waals surface area contributed by atoms with Crippen molar-refractivity contribution in [1.82, 2.24) is 9.55 Å². The van der Waals surface area contributed by atoms with Crippen molar-refractivity contribution in [3.63, 3.8) is 0 Å². The van der Waals surface area contributed by atoms with Gasteiger partial charge in [0.2, 0.25) is 0 Å². The Bertz CT molecular complexity index is 874. The quantitative estimate of drug-likeness (QED) is 0.640. The molecule has 0 aliphatic carbocycles. The van der Waals surface area contributed by atoms with E-state index in [-0.39, 0.29) is 5.82 Å². The Hall–Kier alpha value is -1.94. The molecular formula is C16H15FN2S. The molecule has 0 atom stereocenters. The molecule has 0 unspecified atom stereocenters. The number of halogens is 1. The van der Waals surface area contributed by atoms with Crippen molar-refractivity contribution in [2.24, 2.45) is 0 Å². The van der Waals surface area contributed by atoms with Crippen molar-refractivity contribution < 1.29 is 4.39 Å². The van der Waals surface area contributed by atoms with Crippen LogP contribution in [0.2, 0.25) is 0 Å². The molecule has 0 aliphatic heterocycles. The third-order valence-corrected chi connectivity index (χ3v) is 4.06. The molecule has 1 heterocycles. The van der Waals surface area contributed by atoms with Gasteiger partial charge >= 0.3 is 0 Å². The lowest BCUT2D eigenvalue weighted by atomic mass is 10.1. The summed E-state index contributed by atoms with van der Waals surface area (Å²) in [6.07, 6.45) is 0. The number of aromatic nitrogens is 2. The van der Waals surface area contributed by atoms with Crippen molar-refractivity contribution in [3.05, 3.63) is 57.6 Å². The van der Waals surface area contributed by atoms with Crippen LogP contribution in [0, 0.1) is 31.4 Å². The Kier molecular flexibility index (Phi) is 2.98. The maximum atomic E-state index is 13.7. The van der Waals surface area contributed by atoms with Crippen LogP contribution in [0.15, 0.2) is 30.3 Å². The fraction of sp³-hybridized carbons (Fsp3) is 0.188. The summed E-state index contributed by atoms with van der Waals surface area (Å²) in [4.78, 5) is 3.08. The summed E-state index contributed by atoms with van der Waals surface area (Å²) in [6.45, 7) is 5.90. The van der Waals surface area contributed by atoms with E-state index in [9.17, 15) is 4.39 Å². The van der Waals surface area contributed by atoms with Gasteiger partial charge in [-0.25, -0.2) is 4.39 Å². The lowest BCUT2D eigenvalue weighted by molar-refractivity contribution is 0.620. The lowest BCUT2D eigenvalue weighted by Gasteiger charge is -2.11. The average Bonchev–Trinajstić information content (AvgIpc) is 2.69. The molecule has 2 aromatic carbocycles. The number of fused-ring (bicyclic) bond motifs is 1. The van der Waals surface area contributed by atoms with Crippen molar-refractivity contribution in [3.8, 4) is 5.69 Å². The molecular weight excluding hydrogens is 271 g/mol. The third kappa shape index (κ3) is 1.88. The normalized spacial score (nSPS) is 11.2. The van der Waals surface area contributed by atoms with Crippen LogP contribution in [0.25, 0.3) is 16.7 Å². The molecule has 20 heavy (non-hydrogen) atoms. The van der Waals surface area contributed by atoms with Gasteiger partial charge in [0.15, 0.2) is 4.77 Å². The van der Waals surface area contributed by atoms with E-state index in [2.05, 4.69) is 24.9 Å². The minimum Gasteiger partial charge on any atom is -0.330 e. The fourth-order valence-corrected chi connectivity index (χ4v) is 2.76. The Morgan fingerprint density at radius 1 is 1.10 bits per heavy atom. The number of nitrogens with zero attached hydrogens (tertiary/aromatic N) is 1. The molecule has 1 N–H and O–H groups in total. The summed E-state index contributed by atoms with van der Waals surface area (Å²) in [5, 5.41) is 0. The molecule has 3 aromatic rings. The number of hydrogen-bond donors (Lipinski definition) is 1. The number of aromatic amines is 1. The largest absolute Gasteiger partial charge is 0.330 e. The van der Waals surface area contributed by atoms with Gasteiger partial charge < -0.3 is 4.98 Å². The second kappa shape index (κ2) is 4.56. The first-order valence-electron chi connectivity index (χ1n) is 6.46. The first-order valence-corrected chi connectivity index (χ1v) is 6.87. The zero-order valence-corrected chi connectivity index (χ0v) is 12.4. The fourth-order valence-electron chi connectivity index (χ4n) is 2.45. The minimum atomic E-state index is -0.220. The molecule has 4 heteroatoms. The van der Waals surface area contributed by atoms with Crippen molar-refractivity contribution >= 4 is 23.3 Å². The Balaban J connectivity index is 2.42. The number of hydrogen-bond acceptors (Lipinski definition) is 1. The minimum absolute atomic E-state index is 0.220. The molecule has 0 radical (unpaired) electrons. The number of benzene rings is 2. The van der Waals surface area contributed by atoms with Gasteiger partial charge in [0.25, 0.3) is 0 Å². The summed E-state index contributed by atoms with van der Waals surface area (Å²) in [5.74, 6) is -0.220. The Labute approximate surface area is 121 Å². The second-order valence-electron chi connectivity index (χ2n) is 5.10. The van der Waals surface area contributed by atoms with Crippen molar-refractivity contribution in [1.29, 1.82) is 0 Å². The summed E-state index contributed by atoms with van der Waals surface area (Å²) in [5.41, 5.74) is 5.66. The van der Waals surface area contributed by atoms with E-state index >= 15 is 0 Å². The van der Waals surface area contributed by atoms with Gasteiger partial charge in [-0.05, 0) is 67.9 Å². The Morgan fingerprint density at radius 3 is 2.60 bits per heavy atom. The van der Waals surface area contributed by atoms with Crippen LogP contribution in [-0.2, 0) is 0 Å². The van der Waals surface area contributed by atoms with Crippen LogP contribution in [0.1, 0.15) is 16.7 Å². The van der Waals surface area contributed by atoms with E-state index in [4.69, 9.17) is 12.2 Å². The van der Waals surface area contributed by atoms with E-state index in [1.807, 2.05) is 22.8 Å². The van der Waals surface area contributed by atoms with E-state index in [1.165, 1.54) is 17.2 Å². The van der Waals surface area contributed by atoms with Gasteiger partial charge in [-0.15, -0.1) is 0 Å². The lowest BCUT2D eigenvalue weighted by Crippen LogP contribution is -1.99. The maximum Gasteiger partial charge on any atom is 0.182 e. The molecule has 102 valence electrons. The van der Waals surface area contributed by atoms with E-state index < -0.39 is 0 Å². The number of rotatable bonds is 1. The van der Waals surface area contributed by atoms with Gasteiger partial charge in [0, 0.05) is 0 Å². The van der Waals surface area contributed by atoms with Gasteiger partial charge in [-0.2, -0.15) is 0 Å². The van der Waals surface area contributed by atoms with Crippen LogP contribution >= 0.6 is 12.2 Å². The molecule has 0 bridgehead atoms. The molecule has 0 amide bonds. The van der Waals surface area contributed by atoms with E-state index in [0.29, 0.717) is 10.3 Å². The molecule has 0 spiro atoms. The SMILES string of the molecule is Cc1cc2c(cc1F)[nH]c(=S)n2-c1cccc(C)c1C. The summed E-state index contributed by atoms with van der Waals surface area (Å²) >= 11 is 5.41. The summed E-state index contributed by atoms with van der Waals surface area (Å²) in [6, 6.07) is 9.45. The summed E-state index contributed by atoms with van der Waals surface area (Å²) < 4.78 is 16.2. The third-order valence-electron chi connectivity index (χ3n) is 3.78. The van der Waals surface area contributed by atoms with Crippen LogP contribution < -0.4 is 0 Å². The number of imidazole rings is 1. The van der Waals surface area contributed by atoms with Gasteiger partial charge in [0.05, 0.1) is 16.7 Å². The van der Waals surface area contributed by atoms with Crippen LogP contribution in [0.5, 0.6) is 0 Å². The predicted molar refractivity (Wildman–Crippen MR) is 82.6 cm³/mol. The highest BCUT2D eigenvalue weighted by molar-refractivity contribution is 7.71. The predicted octanol–water partition coefficient (Wildman–Crippen LogP) is 4.75. The number of H-pyrrole nitrogens is 1. The smallest absolute Gasteiger partial charge is 0.182 e. The van der Waals surface area contributed by atoms with Crippen molar-refractivity contribution in [2.45, 2.75) is 20.8 Å². The average molecular weight is 286 g/mol. The standard InChI is InChI=1S/C16H15FN2S/c1-9-5-4-6-14(11(9)3)19-15-7-10(2)12(17)8-13(15)18-16(19)20/h4-8H,1-3H3,(H,18,20).